The minimum absolute atomic E-state index is 0.0252. The van der Waals surface area contributed by atoms with Crippen LogP contribution in [0.3, 0.4) is 0 Å². The monoisotopic (exact) mass is 416 g/mol. The number of halogens is 2. The number of rotatable bonds is 3. The van der Waals surface area contributed by atoms with Crippen molar-refractivity contribution in [2.75, 3.05) is 11.1 Å². The van der Waals surface area contributed by atoms with Gasteiger partial charge in [0.15, 0.2) is 0 Å². The fourth-order valence-corrected chi connectivity index (χ4v) is 2.29. The summed E-state index contributed by atoms with van der Waals surface area (Å²) in [5.41, 5.74) is 6.47. The fraction of sp³-hybridized carbons (Fsp3) is 0. The van der Waals surface area contributed by atoms with E-state index >= 15 is 0 Å². The largest absolute Gasteiger partial charge is 0.478 e. The van der Waals surface area contributed by atoms with Crippen molar-refractivity contribution in [1.29, 1.82) is 0 Å². The minimum atomic E-state index is -1.11. The first-order chi connectivity index (χ1) is 9.88. The summed E-state index contributed by atoms with van der Waals surface area (Å²) in [6.45, 7) is 0. The zero-order chi connectivity index (χ0) is 15.6. The first kappa shape index (κ1) is 15.6. The maximum absolute atomic E-state index is 12.1. The van der Waals surface area contributed by atoms with Gasteiger partial charge in [0.2, 0.25) is 0 Å². The van der Waals surface area contributed by atoms with E-state index in [1.54, 1.807) is 12.1 Å². The lowest BCUT2D eigenvalue weighted by atomic mass is 10.1. The van der Waals surface area contributed by atoms with Gasteiger partial charge in [0.05, 0.1) is 22.0 Å². The van der Waals surface area contributed by atoms with Crippen LogP contribution in [0.15, 0.2) is 36.4 Å². The fourth-order valence-electron chi connectivity index (χ4n) is 1.68. The Balaban J connectivity index is 2.31. The van der Waals surface area contributed by atoms with Crippen LogP contribution >= 0.6 is 34.2 Å². The van der Waals surface area contributed by atoms with Crippen LogP contribution in [0.5, 0.6) is 0 Å². The summed E-state index contributed by atoms with van der Waals surface area (Å²) in [6, 6.07) is 9.19. The number of anilines is 2. The average molecular weight is 417 g/mol. The summed E-state index contributed by atoms with van der Waals surface area (Å²) in [6.07, 6.45) is 0. The Morgan fingerprint density at radius 3 is 2.52 bits per heavy atom. The van der Waals surface area contributed by atoms with Crippen LogP contribution in [0.2, 0.25) is 5.02 Å². The second-order valence-electron chi connectivity index (χ2n) is 4.19. The molecule has 5 nitrogen and oxygen atoms in total. The number of nitrogens with two attached hydrogens (primary N) is 1. The quantitative estimate of drug-likeness (QED) is 0.528. The van der Waals surface area contributed by atoms with E-state index in [1.807, 2.05) is 22.6 Å². The second kappa shape index (κ2) is 6.31. The maximum Gasteiger partial charge on any atom is 0.337 e. The van der Waals surface area contributed by atoms with E-state index in [1.165, 1.54) is 24.3 Å². The van der Waals surface area contributed by atoms with Crippen LogP contribution in [-0.2, 0) is 0 Å². The molecule has 2 rings (SSSR count). The van der Waals surface area contributed by atoms with Crippen molar-refractivity contribution in [1.82, 2.24) is 0 Å². The van der Waals surface area contributed by atoms with Gasteiger partial charge in [-0.05, 0) is 59.0 Å². The number of carboxylic acid groups (broad SMARTS) is 1. The minimum Gasteiger partial charge on any atom is -0.478 e. The Bertz CT molecular complexity index is 734. The average Bonchev–Trinajstić information content (AvgIpc) is 2.43. The summed E-state index contributed by atoms with van der Waals surface area (Å²) in [7, 11) is 0. The number of hydrogen-bond acceptors (Lipinski definition) is 3. The number of nitrogens with one attached hydrogen (secondary N) is 1. The van der Waals surface area contributed by atoms with E-state index in [4.69, 9.17) is 22.4 Å². The van der Waals surface area contributed by atoms with Gasteiger partial charge in [-0.2, -0.15) is 0 Å². The Kier molecular flexibility index (Phi) is 4.69. The van der Waals surface area contributed by atoms with Crippen LogP contribution in [0.1, 0.15) is 20.7 Å². The topological polar surface area (TPSA) is 92.4 Å². The third-order valence-electron chi connectivity index (χ3n) is 2.72. The number of nitrogen functional groups attached to an aromatic ring is 1. The molecule has 1 amide bonds. The molecule has 108 valence electrons. The molecule has 0 atom stereocenters. The molecule has 0 aliphatic heterocycles. The van der Waals surface area contributed by atoms with Gasteiger partial charge < -0.3 is 16.2 Å². The van der Waals surface area contributed by atoms with Gasteiger partial charge in [-0.15, -0.1) is 0 Å². The molecule has 0 aromatic heterocycles. The molecule has 0 radical (unpaired) electrons. The number of benzene rings is 2. The van der Waals surface area contributed by atoms with Crippen molar-refractivity contribution in [2.24, 2.45) is 0 Å². The van der Waals surface area contributed by atoms with Gasteiger partial charge in [-0.3, -0.25) is 4.79 Å². The molecule has 0 spiro atoms. The number of aromatic carboxylic acids is 1. The third kappa shape index (κ3) is 3.64. The molecular formula is C14H10ClIN2O3. The summed E-state index contributed by atoms with van der Waals surface area (Å²) >= 11 is 7.80. The first-order valence-electron chi connectivity index (χ1n) is 5.77. The van der Waals surface area contributed by atoms with Crippen LogP contribution in [0, 0.1) is 3.57 Å². The highest BCUT2D eigenvalue weighted by atomic mass is 127. The molecule has 0 saturated heterocycles. The number of carbonyl (C=O) groups excluding carboxylic acids is 1. The predicted molar refractivity (Wildman–Crippen MR) is 89.9 cm³/mol. The van der Waals surface area contributed by atoms with Crippen molar-refractivity contribution in [3.8, 4) is 0 Å². The SMILES string of the molecule is Nc1cc(C(=O)Nc2ccc(I)cc2C(=O)O)ccc1Cl. The van der Waals surface area contributed by atoms with Gasteiger partial charge in [0.1, 0.15) is 0 Å². The lowest BCUT2D eigenvalue weighted by Crippen LogP contribution is -2.15. The van der Waals surface area contributed by atoms with Gasteiger partial charge in [0.25, 0.3) is 5.91 Å². The van der Waals surface area contributed by atoms with Crippen molar-refractivity contribution in [3.05, 3.63) is 56.1 Å². The molecule has 0 fully saturated rings. The van der Waals surface area contributed by atoms with Crippen LogP contribution < -0.4 is 11.1 Å². The third-order valence-corrected chi connectivity index (χ3v) is 3.73. The molecule has 4 N–H and O–H groups in total. The van der Waals surface area contributed by atoms with Crippen LogP contribution in [0.4, 0.5) is 11.4 Å². The number of carbonyl (C=O) groups is 2. The van der Waals surface area contributed by atoms with Crippen molar-refractivity contribution in [3.63, 3.8) is 0 Å². The molecule has 0 bridgehead atoms. The number of amides is 1. The first-order valence-corrected chi connectivity index (χ1v) is 7.23. The smallest absolute Gasteiger partial charge is 0.337 e. The van der Waals surface area contributed by atoms with Gasteiger partial charge in [0, 0.05) is 9.13 Å². The van der Waals surface area contributed by atoms with E-state index in [2.05, 4.69) is 5.32 Å². The molecule has 21 heavy (non-hydrogen) atoms. The van der Waals surface area contributed by atoms with Crippen LogP contribution in [-0.4, -0.2) is 17.0 Å². The Labute approximate surface area is 139 Å². The van der Waals surface area contributed by atoms with Gasteiger partial charge >= 0.3 is 5.97 Å². The molecule has 2 aromatic rings. The Morgan fingerprint density at radius 1 is 1.19 bits per heavy atom. The predicted octanol–water partition coefficient (Wildman–Crippen LogP) is 3.48. The summed E-state index contributed by atoms with van der Waals surface area (Å²) in [4.78, 5) is 23.3. The summed E-state index contributed by atoms with van der Waals surface area (Å²) < 4.78 is 0.763. The molecular weight excluding hydrogens is 407 g/mol. The normalized spacial score (nSPS) is 10.2. The van der Waals surface area contributed by atoms with E-state index < -0.39 is 11.9 Å². The summed E-state index contributed by atoms with van der Waals surface area (Å²) in [5, 5.41) is 12.1. The molecule has 0 saturated carbocycles. The second-order valence-corrected chi connectivity index (χ2v) is 5.84. The molecule has 0 heterocycles. The number of hydrogen-bond donors (Lipinski definition) is 3. The molecule has 0 unspecified atom stereocenters. The van der Waals surface area contributed by atoms with Gasteiger partial charge in [-0.25, -0.2) is 4.79 Å². The highest BCUT2D eigenvalue weighted by Crippen LogP contribution is 2.22. The molecule has 7 heteroatoms. The zero-order valence-electron chi connectivity index (χ0n) is 10.6. The lowest BCUT2D eigenvalue weighted by molar-refractivity contribution is 0.0698. The van der Waals surface area contributed by atoms with E-state index in [0.717, 1.165) is 3.57 Å². The van der Waals surface area contributed by atoms with E-state index in [9.17, 15) is 9.59 Å². The Hall–Kier alpha value is -1.80. The standard InChI is InChI=1S/C14H10ClIN2O3/c15-10-3-1-7(5-11(10)17)13(19)18-12-4-2-8(16)6-9(12)14(20)21/h1-6H,17H2,(H,18,19)(H,20,21). The van der Waals surface area contributed by atoms with Crippen molar-refractivity contribution in [2.45, 2.75) is 0 Å². The van der Waals surface area contributed by atoms with Crippen molar-refractivity contribution >= 4 is 57.4 Å². The highest BCUT2D eigenvalue weighted by Gasteiger charge is 2.14. The molecule has 0 aliphatic rings. The molecule has 0 aliphatic carbocycles. The van der Waals surface area contributed by atoms with E-state index in [-0.39, 0.29) is 16.9 Å². The van der Waals surface area contributed by atoms with Crippen molar-refractivity contribution < 1.29 is 14.7 Å². The van der Waals surface area contributed by atoms with Gasteiger partial charge in [-0.1, -0.05) is 11.6 Å². The zero-order valence-corrected chi connectivity index (χ0v) is 13.5. The van der Waals surface area contributed by atoms with Crippen LogP contribution in [0.25, 0.3) is 0 Å². The number of carboxylic acids is 1. The highest BCUT2D eigenvalue weighted by molar-refractivity contribution is 14.1. The Morgan fingerprint density at radius 2 is 1.90 bits per heavy atom. The maximum atomic E-state index is 12.1. The summed E-state index contributed by atoms with van der Waals surface area (Å²) in [5.74, 6) is -1.57. The van der Waals surface area contributed by atoms with E-state index in [0.29, 0.717) is 10.6 Å². The lowest BCUT2D eigenvalue weighted by Gasteiger charge is -2.09. The molecule has 2 aromatic carbocycles.